The first-order chi connectivity index (χ1) is 23.9. The molecule has 0 aliphatic carbocycles. The third-order valence-electron chi connectivity index (χ3n) is 10.2. The first-order valence-corrected chi connectivity index (χ1v) is 25.4. The van der Waals surface area contributed by atoms with Crippen molar-refractivity contribution in [2.75, 3.05) is 98.9 Å². The minimum Gasteiger partial charge on any atom is -0.377 e. The number of amides is 1. The van der Waals surface area contributed by atoms with Crippen LogP contribution < -0.4 is 0 Å². The zero-order valence-electron chi connectivity index (χ0n) is 33.8. The average molecular weight is 792 g/mol. The van der Waals surface area contributed by atoms with Crippen LogP contribution in [0.1, 0.15) is 77.0 Å². The second kappa shape index (κ2) is 26.6. The van der Waals surface area contributed by atoms with E-state index >= 15 is 0 Å². The maximum Gasteiger partial charge on any atom is 0.500 e. The normalized spacial score (nSPS) is 13.3. The Bertz CT molecular complexity index is 762. The summed E-state index contributed by atoms with van der Waals surface area (Å²) in [6, 6.07) is 2.84. The van der Waals surface area contributed by atoms with Crippen LogP contribution in [0, 0.1) is 5.41 Å². The van der Waals surface area contributed by atoms with Gasteiger partial charge in [-0.05, 0) is 56.8 Å². The fourth-order valence-electron chi connectivity index (χ4n) is 6.76. The van der Waals surface area contributed by atoms with Gasteiger partial charge in [-0.15, -0.1) is 0 Å². The van der Waals surface area contributed by atoms with E-state index in [0.717, 1.165) is 88.8 Å². The SMILES string of the molecule is CO[Si](CCCCC(=O)N(C)CC(CCCC[Si](OC)(OC)OC)(CCCC[Si](OC)(OC)OC)CCCC[Si](OC)(OC)OC)(OC)OC. The van der Waals surface area contributed by atoms with Gasteiger partial charge in [-0.3, -0.25) is 4.79 Å². The van der Waals surface area contributed by atoms with Gasteiger partial charge in [-0.2, -0.15) is 0 Å². The highest BCUT2D eigenvalue weighted by molar-refractivity contribution is 6.61. The van der Waals surface area contributed by atoms with Crippen molar-refractivity contribution in [2.45, 2.75) is 101 Å². The predicted octanol–water partition coefficient (Wildman–Crippen LogP) is 5.62. The van der Waals surface area contributed by atoms with Gasteiger partial charge in [-0.1, -0.05) is 19.3 Å². The Hall–Kier alpha value is -0.142. The molecule has 0 rings (SSSR count). The van der Waals surface area contributed by atoms with Gasteiger partial charge in [0.15, 0.2) is 0 Å². The maximum atomic E-state index is 13.6. The molecule has 0 atom stereocenters. The molecule has 18 heteroatoms. The van der Waals surface area contributed by atoms with Gasteiger partial charge < -0.3 is 58.0 Å². The quantitative estimate of drug-likeness (QED) is 0.0591. The van der Waals surface area contributed by atoms with Crippen molar-refractivity contribution >= 4 is 41.1 Å². The molecule has 50 heavy (non-hydrogen) atoms. The summed E-state index contributed by atoms with van der Waals surface area (Å²) in [7, 11) is 10.9. The van der Waals surface area contributed by atoms with E-state index in [-0.39, 0.29) is 11.3 Å². The van der Waals surface area contributed by atoms with Crippen molar-refractivity contribution in [3.8, 4) is 0 Å². The van der Waals surface area contributed by atoms with Gasteiger partial charge in [0.05, 0.1) is 0 Å². The van der Waals surface area contributed by atoms with Crippen LogP contribution in [0.4, 0.5) is 0 Å². The standard InChI is InChI=1S/C32H73NO13Si4/c1-33(31(34)22-14-18-26-47(35-2,36-3)37-4)30-32(23-15-19-27-48(38-5,39-6)40-7,24-16-20-28-49(41-8,42-9)43-10)25-17-21-29-50(44-11,45-12)46-13/h14-30H2,1-13H3. The van der Waals surface area contributed by atoms with E-state index < -0.39 is 35.2 Å². The van der Waals surface area contributed by atoms with Crippen LogP contribution >= 0.6 is 0 Å². The number of hydrogen-bond donors (Lipinski definition) is 0. The van der Waals surface area contributed by atoms with Crippen molar-refractivity contribution < 1.29 is 57.9 Å². The lowest BCUT2D eigenvalue weighted by molar-refractivity contribution is -0.131. The van der Waals surface area contributed by atoms with E-state index in [1.165, 1.54) is 0 Å². The van der Waals surface area contributed by atoms with Crippen molar-refractivity contribution in [1.29, 1.82) is 0 Å². The van der Waals surface area contributed by atoms with E-state index in [9.17, 15) is 4.79 Å². The topological polar surface area (TPSA) is 131 Å². The smallest absolute Gasteiger partial charge is 0.377 e. The second-order valence-electron chi connectivity index (χ2n) is 12.8. The highest BCUT2D eigenvalue weighted by Crippen LogP contribution is 2.39. The zero-order valence-corrected chi connectivity index (χ0v) is 37.8. The average Bonchev–Trinajstić information content (AvgIpc) is 3.16. The molecule has 0 saturated heterocycles. The molecule has 1 amide bonds. The monoisotopic (exact) mass is 791 g/mol. The van der Waals surface area contributed by atoms with Crippen LogP contribution in [0.25, 0.3) is 0 Å². The predicted molar refractivity (Wildman–Crippen MR) is 202 cm³/mol. The second-order valence-corrected chi connectivity index (χ2v) is 25.1. The Balaban J connectivity index is 6.10. The number of rotatable bonds is 34. The fourth-order valence-corrected chi connectivity index (χ4v) is 13.9. The van der Waals surface area contributed by atoms with E-state index in [0.29, 0.717) is 19.0 Å². The lowest BCUT2D eigenvalue weighted by Gasteiger charge is -2.39. The van der Waals surface area contributed by atoms with Gasteiger partial charge >= 0.3 is 35.2 Å². The van der Waals surface area contributed by atoms with Crippen LogP contribution in [0.2, 0.25) is 24.2 Å². The fraction of sp³-hybridized carbons (Fsp3) is 0.969. The molecule has 0 aromatic rings. The molecular formula is C32H73NO13Si4. The Morgan fingerprint density at radius 3 is 0.900 bits per heavy atom. The molecule has 14 nitrogen and oxygen atoms in total. The lowest BCUT2D eigenvalue weighted by Crippen LogP contribution is -2.43. The Morgan fingerprint density at radius 2 is 0.660 bits per heavy atom. The summed E-state index contributed by atoms with van der Waals surface area (Å²) in [6.45, 7) is 0.656. The molecule has 0 radical (unpaired) electrons. The van der Waals surface area contributed by atoms with Gasteiger partial charge in [-0.25, -0.2) is 0 Å². The van der Waals surface area contributed by atoms with E-state index in [2.05, 4.69) is 0 Å². The molecule has 300 valence electrons. The first-order valence-electron chi connectivity index (χ1n) is 17.7. The minimum atomic E-state index is -2.70. The van der Waals surface area contributed by atoms with Crippen molar-refractivity contribution in [3.63, 3.8) is 0 Å². The number of nitrogens with zero attached hydrogens (tertiary/aromatic N) is 1. The third kappa shape index (κ3) is 16.5. The van der Waals surface area contributed by atoms with Crippen molar-refractivity contribution in [3.05, 3.63) is 0 Å². The molecule has 0 aromatic carbocycles. The maximum absolute atomic E-state index is 13.6. The summed E-state index contributed by atoms with van der Waals surface area (Å²) < 4.78 is 68.0. The van der Waals surface area contributed by atoms with E-state index in [4.69, 9.17) is 53.1 Å². The summed E-state index contributed by atoms with van der Waals surface area (Å²) >= 11 is 0. The molecule has 0 aliphatic heterocycles. The molecule has 0 aromatic heterocycles. The lowest BCUT2D eigenvalue weighted by atomic mass is 9.74. The third-order valence-corrected chi connectivity index (χ3v) is 21.5. The van der Waals surface area contributed by atoms with Gasteiger partial charge in [0.25, 0.3) is 0 Å². The molecular weight excluding hydrogens is 719 g/mol. The van der Waals surface area contributed by atoms with Gasteiger partial charge in [0.2, 0.25) is 5.91 Å². The van der Waals surface area contributed by atoms with Crippen molar-refractivity contribution in [2.24, 2.45) is 5.41 Å². The summed E-state index contributed by atoms with van der Waals surface area (Å²) in [5.74, 6) is 0.132. The van der Waals surface area contributed by atoms with Crippen LogP contribution in [0.5, 0.6) is 0 Å². The number of carbonyl (C=O) groups is 1. The number of unbranched alkanes of at least 4 members (excludes halogenated alkanes) is 4. The van der Waals surface area contributed by atoms with Crippen molar-refractivity contribution in [1.82, 2.24) is 4.90 Å². The summed E-state index contributed by atoms with van der Waals surface area (Å²) in [6.07, 6.45) is 10.3. The van der Waals surface area contributed by atoms with E-state index in [1.54, 1.807) is 85.3 Å². The molecule has 0 fully saturated rings. The molecule has 0 aliphatic rings. The Morgan fingerprint density at radius 1 is 0.420 bits per heavy atom. The summed E-state index contributed by atoms with van der Waals surface area (Å²) in [5, 5.41) is 0. The molecule has 0 N–H and O–H groups in total. The Labute approximate surface area is 308 Å². The van der Waals surface area contributed by atoms with E-state index in [1.807, 2.05) is 11.9 Å². The highest BCUT2D eigenvalue weighted by Gasteiger charge is 2.41. The number of hydrogen-bond acceptors (Lipinski definition) is 13. The van der Waals surface area contributed by atoms with Gasteiger partial charge in [0.1, 0.15) is 0 Å². The minimum absolute atomic E-state index is 0.124. The summed E-state index contributed by atoms with van der Waals surface area (Å²) in [4.78, 5) is 15.5. The van der Waals surface area contributed by atoms with Crippen LogP contribution in [0.15, 0.2) is 0 Å². The molecule has 0 bridgehead atoms. The molecule has 0 heterocycles. The van der Waals surface area contributed by atoms with Crippen LogP contribution in [-0.2, 0) is 57.9 Å². The molecule has 0 spiro atoms. The largest absolute Gasteiger partial charge is 0.500 e. The first kappa shape index (κ1) is 49.9. The number of carbonyl (C=O) groups excluding carboxylic acids is 1. The van der Waals surface area contributed by atoms with Gasteiger partial charge in [0, 0.05) is 130 Å². The van der Waals surface area contributed by atoms with Crippen LogP contribution in [0.3, 0.4) is 0 Å². The Kier molecular flexibility index (Phi) is 26.5. The highest BCUT2D eigenvalue weighted by atomic mass is 28.4. The summed E-state index contributed by atoms with van der Waals surface area (Å²) in [5.41, 5.74) is -0.124. The van der Waals surface area contributed by atoms with Crippen LogP contribution in [-0.4, -0.2) is 145 Å². The molecule has 0 saturated carbocycles. The molecule has 0 unspecified atom stereocenters. The zero-order chi connectivity index (χ0) is 38.2.